The molecule has 3 heterocycles. The molecule has 0 radical (unpaired) electrons. The molecule has 1 fully saturated rings. The van der Waals surface area contributed by atoms with Crippen molar-refractivity contribution in [2.24, 2.45) is 5.92 Å². The van der Waals surface area contributed by atoms with Crippen molar-refractivity contribution < 1.29 is 9.59 Å². The Bertz CT molecular complexity index is 728. The Kier molecular flexibility index (Phi) is 6.81. The summed E-state index contributed by atoms with van der Waals surface area (Å²) in [6.07, 6.45) is 2.58. The third-order valence-corrected chi connectivity index (χ3v) is 5.58. The number of pyridine rings is 1. The number of aromatic nitrogens is 1. The largest absolute Gasteiger partial charge is 0.353 e. The number of nitrogens with one attached hydrogen (secondary N) is 1. The maximum absolute atomic E-state index is 12.5. The third kappa shape index (κ3) is 5.79. The summed E-state index contributed by atoms with van der Waals surface area (Å²) in [7, 11) is 0. The minimum atomic E-state index is 0.00340. The zero-order valence-corrected chi connectivity index (χ0v) is 16.5. The normalized spacial score (nSPS) is 15.4. The second kappa shape index (κ2) is 9.50. The zero-order chi connectivity index (χ0) is 19.1. The average molecular weight is 387 g/mol. The van der Waals surface area contributed by atoms with Gasteiger partial charge in [-0.15, -0.1) is 11.3 Å². The van der Waals surface area contributed by atoms with Crippen LogP contribution in [0.25, 0.3) is 0 Å². The Labute approximate surface area is 164 Å². The molecule has 0 spiro atoms. The number of piperazine rings is 1. The van der Waals surface area contributed by atoms with Gasteiger partial charge in [-0.2, -0.15) is 0 Å². The summed E-state index contributed by atoms with van der Waals surface area (Å²) in [5, 5.41) is 4.92. The van der Waals surface area contributed by atoms with E-state index in [0.717, 1.165) is 23.8 Å². The van der Waals surface area contributed by atoms with Crippen LogP contribution < -0.4 is 10.2 Å². The van der Waals surface area contributed by atoms with E-state index in [9.17, 15) is 9.59 Å². The van der Waals surface area contributed by atoms with Gasteiger partial charge in [0, 0.05) is 50.1 Å². The van der Waals surface area contributed by atoms with Crippen LogP contribution in [0.4, 0.5) is 5.82 Å². The number of nitrogens with zero attached hydrogens (tertiary/aromatic N) is 3. The molecule has 2 aromatic rings. The fraction of sp³-hybridized carbons (Fsp3) is 0.450. The van der Waals surface area contributed by atoms with Gasteiger partial charge in [-0.1, -0.05) is 19.1 Å². The van der Waals surface area contributed by atoms with Gasteiger partial charge >= 0.3 is 0 Å². The number of amides is 2. The van der Waals surface area contributed by atoms with Crippen molar-refractivity contribution >= 4 is 29.0 Å². The molecule has 2 aromatic heterocycles. The summed E-state index contributed by atoms with van der Waals surface area (Å²) in [4.78, 5) is 34.2. The predicted molar refractivity (Wildman–Crippen MR) is 108 cm³/mol. The van der Waals surface area contributed by atoms with Crippen LogP contribution in [0.3, 0.4) is 0 Å². The number of carbonyl (C=O) groups excluding carboxylic acids is 2. The van der Waals surface area contributed by atoms with E-state index in [-0.39, 0.29) is 17.7 Å². The molecular weight excluding hydrogens is 360 g/mol. The summed E-state index contributed by atoms with van der Waals surface area (Å²) in [6, 6.07) is 9.85. The summed E-state index contributed by atoms with van der Waals surface area (Å²) in [6.45, 7) is 5.51. The molecule has 1 aliphatic rings. The summed E-state index contributed by atoms with van der Waals surface area (Å²) >= 11 is 1.63. The van der Waals surface area contributed by atoms with Crippen molar-refractivity contribution in [2.45, 2.75) is 26.3 Å². The van der Waals surface area contributed by atoms with Crippen LogP contribution in [0.2, 0.25) is 0 Å². The topological polar surface area (TPSA) is 65.5 Å². The van der Waals surface area contributed by atoms with E-state index in [1.807, 2.05) is 47.5 Å². The van der Waals surface area contributed by atoms with E-state index < -0.39 is 0 Å². The molecule has 0 aromatic carbocycles. The number of hydrogen-bond donors (Lipinski definition) is 1. The zero-order valence-electron chi connectivity index (χ0n) is 15.6. The third-order valence-electron chi connectivity index (χ3n) is 4.70. The quantitative estimate of drug-likeness (QED) is 0.794. The van der Waals surface area contributed by atoms with Crippen LogP contribution in [0.15, 0.2) is 41.9 Å². The van der Waals surface area contributed by atoms with Gasteiger partial charge in [0.15, 0.2) is 0 Å². The van der Waals surface area contributed by atoms with Gasteiger partial charge in [0.25, 0.3) is 0 Å². The molecule has 2 amide bonds. The number of rotatable bonds is 7. The molecule has 0 unspecified atom stereocenters. The predicted octanol–water partition coefficient (Wildman–Crippen LogP) is 2.52. The van der Waals surface area contributed by atoms with Gasteiger partial charge in [-0.3, -0.25) is 9.59 Å². The summed E-state index contributed by atoms with van der Waals surface area (Å²) < 4.78 is 0. The Morgan fingerprint density at radius 1 is 1.15 bits per heavy atom. The summed E-state index contributed by atoms with van der Waals surface area (Å²) in [5.41, 5.74) is 0. The van der Waals surface area contributed by atoms with Crippen molar-refractivity contribution in [2.75, 3.05) is 31.1 Å². The van der Waals surface area contributed by atoms with E-state index in [1.54, 1.807) is 17.5 Å². The van der Waals surface area contributed by atoms with E-state index >= 15 is 0 Å². The van der Waals surface area contributed by atoms with Crippen molar-refractivity contribution in [3.05, 3.63) is 46.8 Å². The monoisotopic (exact) mass is 386 g/mol. The lowest BCUT2D eigenvalue weighted by molar-refractivity contribution is -0.132. The summed E-state index contributed by atoms with van der Waals surface area (Å²) in [5.74, 6) is 1.13. The Balaban J connectivity index is 1.38. The second-order valence-electron chi connectivity index (χ2n) is 6.93. The van der Waals surface area contributed by atoms with E-state index in [0.29, 0.717) is 32.5 Å². The Morgan fingerprint density at radius 2 is 1.96 bits per heavy atom. The van der Waals surface area contributed by atoms with E-state index in [1.165, 1.54) is 0 Å². The Hall–Kier alpha value is -2.41. The number of carbonyl (C=O) groups is 2. The minimum Gasteiger partial charge on any atom is -0.353 e. The molecule has 1 saturated heterocycles. The van der Waals surface area contributed by atoms with Crippen LogP contribution in [0, 0.1) is 5.92 Å². The van der Waals surface area contributed by atoms with Crippen molar-refractivity contribution in [1.29, 1.82) is 0 Å². The fourth-order valence-electron chi connectivity index (χ4n) is 3.21. The first kappa shape index (κ1) is 19.4. The molecule has 0 aliphatic carbocycles. The molecule has 6 nitrogen and oxygen atoms in total. The van der Waals surface area contributed by atoms with Gasteiger partial charge in [0.05, 0.1) is 6.54 Å². The van der Waals surface area contributed by atoms with Gasteiger partial charge in [-0.05, 0) is 29.5 Å². The molecule has 0 saturated carbocycles. The van der Waals surface area contributed by atoms with Crippen molar-refractivity contribution in [3.8, 4) is 0 Å². The lowest BCUT2D eigenvalue weighted by atomic mass is 10.0. The highest BCUT2D eigenvalue weighted by atomic mass is 32.1. The highest BCUT2D eigenvalue weighted by Crippen LogP contribution is 2.16. The van der Waals surface area contributed by atoms with Crippen LogP contribution in [0.1, 0.15) is 24.6 Å². The van der Waals surface area contributed by atoms with Crippen LogP contribution in [-0.4, -0.2) is 47.9 Å². The number of hydrogen-bond acceptors (Lipinski definition) is 5. The molecule has 1 N–H and O–H groups in total. The lowest BCUT2D eigenvalue weighted by Crippen LogP contribution is -2.49. The van der Waals surface area contributed by atoms with Gasteiger partial charge in [0.2, 0.25) is 11.8 Å². The number of thiophene rings is 1. The molecular formula is C20H26N4O2S. The van der Waals surface area contributed by atoms with Crippen molar-refractivity contribution in [3.63, 3.8) is 0 Å². The highest BCUT2D eigenvalue weighted by molar-refractivity contribution is 7.09. The molecule has 1 atom stereocenters. The molecule has 7 heteroatoms. The molecule has 1 aliphatic heterocycles. The molecule has 144 valence electrons. The second-order valence-corrected chi connectivity index (χ2v) is 7.96. The first-order chi connectivity index (χ1) is 13.1. The van der Waals surface area contributed by atoms with Crippen molar-refractivity contribution in [1.82, 2.24) is 15.2 Å². The fourth-order valence-corrected chi connectivity index (χ4v) is 3.86. The minimum absolute atomic E-state index is 0.00340. The first-order valence-electron chi connectivity index (χ1n) is 9.34. The van der Waals surface area contributed by atoms with Gasteiger partial charge < -0.3 is 15.1 Å². The SMILES string of the molecule is C[C@@H](CC(=O)NCc1cccs1)CC(=O)N1CCN(c2ccccn2)CC1. The number of anilines is 1. The Morgan fingerprint density at radius 3 is 2.63 bits per heavy atom. The maximum atomic E-state index is 12.5. The molecule has 0 bridgehead atoms. The van der Waals surface area contributed by atoms with E-state index in [2.05, 4.69) is 15.2 Å². The van der Waals surface area contributed by atoms with Crippen LogP contribution in [-0.2, 0) is 16.1 Å². The molecule has 27 heavy (non-hydrogen) atoms. The van der Waals surface area contributed by atoms with Crippen LogP contribution >= 0.6 is 11.3 Å². The highest BCUT2D eigenvalue weighted by Gasteiger charge is 2.23. The van der Waals surface area contributed by atoms with Crippen LogP contribution in [0.5, 0.6) is 0 Å². The standard InChI is InChI=1S/C20H26N4O2S/c1-16(13-19(25)22-15-17-5-4-12-27-17)14-20(26)24-10-8-23(9-11-24)18-6-2-3-7-21-18/h2-7,12,16H,8-11,13-15H2,1H3,(H,22,25)/t16-/m0/s1. The average Bonchev–Trinajstić information content (AvgIpc) is 3.21. The van der Waals surface area contributed by atoms with Gasteiger partial charge in [-0.25, -0.2) is 4.98 Å². The first-order valence-corrected chi connectivity index (χ1v) is 10.2. The van der Waals surface area contributed by atoms with Gasteiger partial charge in [0.1, 0.15) is 5.82 Å². The lowest BCUT2D eigenvalue weighted by Gasteiger charge is -2.35. The maximum Gasteiger partial charge on any atom is 0.222 e. The molecule has 3 rings (SSSR count). The van der Waals surface area contributed by atoms with E-state index in [4.69, 9.17) is 0 Å². The smallest absolute Gasteiger partial charge is 0.222 e.